The first-order valence-electron chi connectivity index (χ1n) is 11.2. The Bertz CT molecular complexity index is 1160. The molecule has 34 heavy (non-hydrogen) atoms. The summed E-state index contributed by atoms with van der Waals surface area (Å²) in [5.41, 5.74) is 2.66. The molecule has 9 heteroatoms. The van der Waals surface area contributed by atoms with Gasteiger partial charge in [0.1, 0.15) is 6.04 Å². The van der Waals surface area contributed by atoms with Crippen molar-refractivity contribution in [3.05, 3.63) is 71.9 Å². The van der Waals surface area contributed by atoms with E-state index in [2.05, 4.69) is 15.6 Å². The van der Waals surface area contributed by atoms with Crippen LogP contribution in [0.2, 0.25) is 0 Å². The van der Waals surface area contributed by atoms with Crippen LogP contribution in [0.5, 0.6) is 0 Å². The zero-order chi connectivity index (χ0) is 24.1. The number of hydrogen-bond acceptors (Lipinski definition) is 5. The van der Waals surface area contributed by atoms with Crippen molar-refractivity contribution in [1.82, 2.24) is 20.7 Å². The minimum atomic E-state index is -1.16. The average molecular weight is 465 g/mol. The highest BCUT2D eigenvalue weighted by molar-refractivity contribution is 5.93. The van der Waals surface area contributed by atoms with Crippen LogP contribution in [0.1, 0.15) is 11.1 Å². The number of hydroxylamine groups is 2. The molecule has 0 saturated carbocycles. The number of rotatable bonds is 8. The summed E-state index contributed by atoms with van der Waals surface area (Å²) in [7, 11) is 1.51. The maximum absolute atomic E-state index is 13.5. The van der Waals surface area contributed by atoms with Crippen molar-refractivity contribution in [2.24, 2.45) is 5.92 Å². The van der Waals surface area contributed by atoms with Crippen LogP contribution >= 0.6 is 0 Å². The fourth-order valence-electron chi connectivity index (χ4n) is 4.27. The number of fused-ring (bicyclic) bond motifs is 1. The largest absolute Gasteiger partial charge is 0.365 e. The van der Waals surface area contributed by atoms with Gasteiger partial charge >= 0.3 is 0 Å². The Kier molecular flexibility index (Phi) is 7.24. The first kappa shape index (κ1) is 23.5. The third kappa shape index (κ3) is 5.11. The van der Waals surface area contributed by atoms with Crippen molar-refractivity contribution in [1.29, 1.82) is 0 Å². The molecule has 0 spiro atoms. The number of nitrogens with zero attached hydrogens (tertiary/aromatic N) is 1. The number of morpholine rings is 1. The minimum absolute atomic E-state index is 0.0381. The first-order chi connectivity index (χ1) is 16.5. The van der Waals surface area contributed by atoms with E-state index in [1.807, 2.05) is 60.8 Å². The number of aromatic nitrogens is 1. The van der Waals surface area contributed by atoms with E-state index in [9.17, 15) is 19.6 Å². The summed E-state index contributed by atoms with van der Waals surface area (Å²) in [5, 5.41) is 16.9. The van der Waals surface area contributed by atoms with Crippen LogP contribution in [-0.2, 0) is 32.0 Å². The van der Waals surface area contributed by atoms with Gasteiger partial charge in [0.25, 0.3) is 5.91 Å². The minimum Gasteiger partial charge on any atom is -0.365 e. The maximum atomic E-state index is 13.5. The van der Waals surface area contributed by atoms with Crippen molar-refractivity contribution < 1.29 is 24.3 Å². The van der Waals surface area contributed by atoms with E-state index in [0.717, 1.165) is 22.0 Å². The van der Waals surface area contributed by atoms with E-state index < -0.39 is 29.9 Å². The Labute approximate surface area is 197 Å². The molecule has 1 fully saturated rings. The Hall–Kier alpha value is -3.69. The molecule has 4 rings (SSSR count). The van der Waals surface area contributed by atoms with Gasteiger partial charge in [-0.2, -0.15) is 0 Å². The Morgan fingerprint density at radius 2 is 1.85 bits per heavy atom. The summed E-state index contributed by atoms with van der Waals surface area (Å²) in [5.74, 6) is -2.45. The van der Waals surface area contributed by atoms with Gasteiger partial charge in [0.15, 0.2) is 6.10 Å². The standard InChI is InChI=1S/C25H28N4O5/c1-26-24(31)21(14-17-15-27-20-10-6-5-9-18(17)20)28-23(30)19(13-16-7-3-2-4-8-16)22-25(32)29(33)11-12-34-22/h2-10,15,19,21-22,27,33H,11-14H2,1H3,(H,26,31)(H,28,30)/t19-,21?,22?/m1/s1. The second kappa shape index (κ2) is 10.5. The first-order valence-corrected chi connectivity index (χ1v) is 11.2. The van der Waals surface area contributed by atoms with Crippen molar-refractivity contribution in [3.63, 3.8) is 0 Å². The topological polar surface area (TPSA) is 124 Å². The van der Waals surface area contributed by atoms with Crippen molar-refractivity contribution in [2.75, 3.05) is 20.2 Å². The number of H-pyrrole nitrogens is 1. The van der Waals surface area contributed by atoms with Crippen LogP contribution in [0.25, 0.3) is 10.9 Å². The van der Waals surface area contributed by atoms with E-state index in [-0.39, 0.29) is 31.9 Å². The zero-order valence-corrected chi connectivity index (χ0v) is 18.9. The Morgan fingerprint density at radius 1 is 1.12 bits per heavy atom. The number of aromatic amines is 1. The number of ether oxygens (including phenoxy) is 1. The number of likely N-dealkylation sites (N-methyl/N-ethyl adjacent to an activating group) is 1. The van der Waals surface area contributed by atoms with E-state index in [0.29, 0.717) is 5.06 Å². The van der Waals surface area contributed by atoms with Gasteiger partial charge in [-0.3, -0.25) is 19.6 Å². The van der Waals surface area contributed by atoms with E-state index in [4.69, 9.17) is 4.74 Å². The van der Waals surface area contributed by atoms with Gasteiger partial charge in [0.05, 0.1) is 19.1 Å². The Morgan fingerprint density at radius 3 is 2.62 bits per heavy atom. The molecule has 2 aromatic carbocycles. The fraction of sp³-hybridized carbons (Fsp3) is 0.320. The zero-order valence-electron chi connectivity index (χ0n) is 18.9. The van der Waals surface area contributed by atoms with Crippen LogP contribution in [0.15, 0.2) is 60.8 Å². The molecule has 3 aromatic rings. The number of para-hydroxylation sites is 1. The molecule has 1 aliphatic rings. The molecule has 0 aliphatic carbocycles. The van der Waals surface area contributed by atoms with Crippen LogP contribution in [0.4, 0.5) is 0 Å². The highest BCUT2D eigenvalue weighted by Gasteiger charge is 2.40. The van der Waals surface area contributed by atoms with Gasteiger partial charge in [0, 0.05) is 30.6 Å². The lowest BCUT2D eigenvalue weighted by Crippen LogP contribution is -2.56. The molecule has 1 aromatic heterocycles. The summed E-state index contributed by atoms with van der Waals surface area (Å²) in [6, 6.07) is 16.1. The van der Waals surface area contributed by atoms with Crippen LogP contribution in [0, 0.1) is 5.92 Å². The van der Waals surface area contributed by atoms with E-state index in [1.165, 1.54) is 7.05 Å². The maximum Gasteiger partial charge on any atom is 0.275 e. The van der Waals surface area contributed by atoms with Gasteiger partial charge < -0.3 is 20.4 Å². The predicted octanol–water partition coefficient (Wildman–Crippen LogP) is 1.42. The quantitative estimate of drug-likeness (QED) is 0.376. The normalized spacial score (nSPS) is 17.9. The number of hydrogen-bond donors (Lipinski definition) is 4. The summed E-state index contributed by atoms with van der Waals surface area (Å²) in [4.78, 5) is 42.0. The van der Waals surface area contributed by atoms with E-state index in [1.54, 1.807) is 0 Å². The SMILES string of the molecule is CNC(=O)C(Cc1c[nH]c2ccccc12)NC(=O)[C@H](Cc1ccccc1)C1OCCN(O)C1=O. The summed E-state index contributed by atoms with van der Waals surface area (Å²) in [6.07, 6.45) is 1.15. The molecular weight excluding hydrogens is 436 g/mol. The molecule has 2 unspecified atom stereocenters. The number of carbonyl (C=O) groups excluding carboxylic acids is 3. The van der Waals surface area contributed by atoms with Gasteiger partial charge in [-0.25, -0.2) is 5.06 Å². The number of benzene rings is 2. The Balaban J connectivity index is 1.59. The monoisotopic (exact) mass is 464 g/mol. The highest BCUT2D eigenvalue weighted by Crippen LogP contribution is 2.22. The lowest BCUT2D eigenvalue weighted by atomic mass is 9.91. The predicted molar refractivity (Wildman–Crippen MR) is 125 cm³/mol. The summed E-state index contributed by atoms with van der Waals surface area (Å²) in [6.45, 7) is 0.149. The molecule has 178 valence electrons. The molecule has 1 saturated heterocycles. The van der Waals surface area contributed by atoms with Crippen molar-refractivity contribution in [2.45, 2.75) is 25.0 Å². The molecule has 0 bridgehead atoms. The summed E-state index contributed by atoms with van der Waals surface area (Å²) < 4.78 is 5.63. The highest BCUT2D eigenvalue weighted by atomic mass is 16.6. The molecule has 2 heterocycles. The van der Waals surface area contributed by atoms with Crippen molar-refractivity contribution >= 4 is 28.6 Å². The van der Waals surface area contributed by atoms with Crippen LogP contribution in [-0.4, -0.2) is 65.3 Å². The lowest BCUT2D eigenvalue weighted by Gasteiger charge is -2.33. The molecular formula is C25H28N4O5. The molecule has 3 atom stereocenters. The number of carbonyl (C=O) groups is 3. The molecule has 9 nitrogen and oxygen atoms in total. The lowest BCUT2D eigenvalue weighted by molar-refractivity contribution is -0.200. The van der Waals surface area contributed by atoms with Crippen LogP contribution < -0.4 is 10.6 Å². The molecule has 4 N–H and O–H groups in total. The number of nitrogens with one attached hydrogen (secondary N) is 3. The van der Waals surface area contributed by atoms with Crippen LogP contribution in [0.3, 0.4) is 0 Å². The third-order valence-electron chi connectivity index (χ3n) is 6.08. The van der Waals surface area contributed by atoms with E-state index >= 15 is 0 Å². The second-order valence-electron chi connectivity index (χ2n) is 8.29. The smallest absolute Gasteiger partial charge is 0.275 e. The summed E-state index contributed by atoms with van der Waals surface area (Å²) >= 11 is 0. The van der Waals surface area contributed by atoms with Gasteiger partial charge in [0.2, 0.25) is 11.8 Å². The fourth-order valence-corrected chi connectivity index (χ4v) is 4.27. The molecule has 1 aliphatic heterocycles. The third-order valence-corrected chi connectivity index (χ3v) is 6.08. The number of amides is 3. The molecule has 0 radical (unpaired) electrons. The molecule has 3 amide bonds. The van der Waals surface area contributed by atoms with Gasteiger partial charge in [-0.15, -0.1) is 0 Å². The van der Waals surface area contributed by atoms with Crippen molar-refractivity contribution in [3.8, 4) is 0 Å². The average Bonchev–Trinajstić information content (AvgIpc) is 3.27. The van der Waals surface area contributed by atoms with Gasteiger partial charge in [-0.1, -0.05) is 48.5 Å². The van der Waals surface area contributed by atoms with Gasteiger partial charge in [-0.05, 0) is 23.6 Å². The second-order valence-corrected chi connectivity index (χ2v) is 8.29.